The molecule has 2 atom stereocenters. The molecule has 0 radical (unpaired) electrons. The number of rotatable bonds is 0. The van der Waals surface area contributed by atoms with Crippen molar-refractivity contribution in [2.24, 2.45) is 11.8 Å². The van der Waals surface area contributed by atoms with Gasteiger partial charge in [-0.2, -0.15) is 0 Å². The van der Waals surface area contributed by atoms with Gasteiger partial charge in [-0.05, 0) is 31.3 Å². The maximum atomic E-state index is 4.03. The molecular weight excluding hydrogens is 168 g/mol. The maximum absolute atomic E-state index is 4.03. The zero-order chi connectivity index (χ0) is 10.7. The first-order valence-electron chi connectivity index (χ1n) is 5.24. The normalized spacial score (nSPS) is 38.4. The van der Waals surface area contributed by atoms with Crippen molar-refractivity contribution in [1.29, 1.82) is 0 Å². The fourth-order valence-corrected chi connectivity index (χ4v) is 1.69. The summed E-state index contributed by atoms with van der Waals surface area (Å²) < 4.78 is 0. The first kappa shape index (κ1) is 11.0. The molecule has 1 aliphatic rings. The summed E-state index contributed by atoms with van der Waals surface area (Å²) in [6.45, 7) is 12.9. The van der Waals surface area contributed by atoms with Crippen molar-refractivity contribution < 1.29 is 0 Å². The van der Waals surface area contributed by atoms with Gasteiger partial charge in [-0.1, -0.05) is 55.9 Å². The summed E-state index contributed by atoms with van der Waals surface area (Å²) in [5, 5.41) is 0. The Bertz CT molecular complexity index is 313. The minimum atomic E-state index is 0.598. The van der Waals surface area contributed by atoms with E-state index in [1.54, 1.807) is 0 Å². The van der Waals surface area contributed by atoms with Crippen molar-refractivity contribution in [3.63, 3.8) is 0 Å². The van der Waals surface area contributed by atoms with E-state index in [0.717, 1.165) is 5.57 Å². The Morgan fingerprint density at radius 3 is 2.43 bits per heavy atom. The molecule has 0 saturated carbocycles. The molecule has 0 fully saturated rings. The molecule has 0 nitrogen and oxygen atoms in total. The third kappa shape index (κ3) is 2.73. The zero-order valence-electron chi connectivity index (χ0n) is 9.67. The molecule has 14 heavy (non-hydrogen) atoms. The molecule has 0 heterocycles. The predicted molar refractivity (Wildman–Crippen MR) is 64.1 cm³/mol. The van der Waals surface area contributed by atoms with Crippen LogP contribution in [0.3, 0.4) is 0 Å². The largest absolute Gasteiger partial charge is 0.0918 e. The molecule has 0 aromatic rings. The molecule has 0 aromatic heterocycles. The van der Waals surface area contributed by atoms with Gasteiger partial charge in [0.15, 0.2) is 0 Å². The van der Waals surface area contributed by atoms with Crippen LogP contribution in [0.25, 0.3) is 0 Å². The van der Waals surface area contributed by atoms with Gasteiger partial charge in [0.1, 0.15) is 0 Å². The van der Waals surface area contributed by atoms with E-state index in [2.05, 4.69) is 58.6 Å². The summed E-state index contributed by atoms with van der Waals surface area (Å²) in [4.78, 5) is 0. The quantitative estimate of drug-likeness (QED) is 0.532. The van der Waals surface area contributed by atoms with Gasteiger partial charge in [-0.25, -0.2) is 0 Å². The highest BCUT2D eigenvalue weighted by atomic mass is 14.2. The van der Waals surface area contributed by atoms with Crippen molar-refractivity contribution in [3.8, 4) is 0 Å². The van der Waals surface area contributed by atoms with Gasteiger partial charge in [0.05, 0.1) is 0 Å². The van der Waals surface area contributed by atoms with Crippen molar-refractivity contribution in [1.82, 2.24) is 0 Å². The van der Waals surface area contributed by atoms with E-state index in [-0.39, 0.29) is 0 Å². The monoisotopic (exact) mass is 188 g/mol. The summed E-state index contributed by atoms with van der Waals surface area (Å²) in [5.74, 6) is 1.20. The van der Waals surface area contributed by atoms with E-state index in [9.17, 15) is 0 Å². The SMILES string of the molecule is C=C1/C=C(C)\C=C/C(C)C(C)/C(C)=C\1. The summed E-state index contributed by atoms with van der Waals surface area (Å²) in [5.41, 5.74) is 3.80. The topological polar surface area (TPSA) is 0 Å². The second kappa shape index (κ2) is 4.45. The summed E-state index contributed by atoms with van der Waals surface area (Å²) in [7, 11) is 0. The fraction of sp³-hybridized carbons (Fsp3) is 0.429. The van der Waals surface area contributed by atoms with Crippen LogP contribution in [-0.4, -0.2) is 0 Å². The highest BCUT2D eigenvalue weighted by Gasteiger charge is 2.11. The molecule has 0 spiro atoms. The van der Waals surface area contributed by atoms with E-state index in [1.807, 2.05) is 0 Å². The molecule has 0 heteroatoms. The molecule has 1 aliphatic carbocycles. The van der Waals surface area contributed by atoms with Gasteiger partial charge < -0.3 is 0 Å². The Hall–Kier alpha value is -1.04. The summed E-state index contributed by atoms with van der Waals surface area (Å²) >= 11 is 0. The van der Waals surface area contributed by atoms with Crippen LogP contribution in [0.4, 0.5) is 0 Å². The van der Waals surface area contributed by atoms with E-state index in [1.165, 1.54) is 11.1 Å². The average molecular weight is 188 g/mol. The van der Waals surface area contributed by atoms with Crippen LogP contribution < -0.4 is 0 Å². The zero-order valence-corrected chi connectivity index (χ0v) is 9.67. The number of hydrogen-bond acceptors (Lipinski definition) is 0. The molecule has 0 amide bonds. The van der Waals surface area contributed by atoms with Crippen LogP contribution in [0.1, 0.15) is 27.7 Å². The van der Waals surface area contributed by atoms with E-state index in [0.29, 0.717) is 11.8 Å². The fourth-order valence-electron chi connectivity index (χ4n) is 1.69. The summed E-state index contributed by atoms with van der Waals surface area (Å²) in [6, 6.07) is 0. The molecule has 0 saturated heterocycles. The lowest BCUT2D eigenvalue weighted by molar-refractivity contribution is 0.529. The van der Waals surface area contributed by atoms with Crippen LogP contribution in [0.2, 0.25) is 0 Å². The maximum Gasteiger partial charge on any atom is -0.0171 e. The van der Waals surface area contributed by atoms with Crippen LogP contribution in [0.15, 0.2) is 47.6 Å². The first-order valence-corrected chi connectivity index (χ1v) is 5.24. The predicted octanol–water partition coefficient (Wildman–Crippen LogP) is 4.28. The lowest BCUT2D eigenvalue weighted by Gasteiger charge is -2.17. The van der Waals surface area contributed by atoms with Crippen molar-refractivity contribution in [2.75, 3.05) is 0 Å². The van der Waals surface area contributed by atoms with Crippen molar-refractivity contribution >= 4 is 0 Å². The molecule has 1 rings (SSSR count). The Balaban J connectivity index is 3.07. The van der Waals surface area contributed by atoms with E-state index < -0.39 is 0 Å². The molecule has 0 bridgehead atoms. The summed E-state index contributed by atoms with van der Waals surface area (Å²) in [6.07, 6.45) is 8.80. The van der Waals surface area contributed by atoms with Crippen LogP contribution in [-0.2, 0) is 0 Å². The van der Waals surface area contributed by atoms with Crippen LogP contribution in [0.5, 0.6) is 0 Å². The standard InChI is InChI=1S/C14H20/c1-10-6-7-12(3)14(5)13(4)9-11(2)8-10/h6-9,12,14H,2H2,1,3-5H3/b7-6-,10-8-,13-9-. The minimum Gasteiger partial charge on any atom is -0.0918 e. The lowest BCUT2D eigenvalue weighted by Crippen LogP contribution is -2.06. The smallest absolute Gasteiger partial charge is 0.0171 e. The second-order valence-electron chi connectivity index (χ2n) is 4.36. The van der Waals surface area contributed by atoms with Gasteiger partial charge in [-0.3, -0.25) is 0 Å². The Morgan fingerprint density at radius 1 is 1.14 bits per heavy atom. The Kier molecular flexibility index (Phi) is 3.51. The number of allylic oxidation sites excluding steroid dienone is 7. The van der Waals surface area contributed by atoms with Crippen LogP contribution >= 0.6 is 0 Å². The molecule has 0 aromatic carbocycles. The van der Waals surface area contributed by atoms with Gasteiger partial charge in [0, 0.05) is 0 Å². The minimum absolute atomic E-state index is 0.598. The van der Waals surface area contributed by atoms with Crippen molar-refractivity contribution in [3.05, 3.63) is 47.6 Å². The number of hydrogen-bond donors (Lipinski definition) is 0. The molecule has 76 valence electrons. The van der Waals surface area contributed by atoms with E-state index >= 15 is 0 Å². The first-order chi connectivity index (χ1) is 6.50. The van der Waals surface area contributed by atoms with Gasteiger partial charge in [0.25, 0.3) is 0 Å². The lowest BCUT2D eigenvalue weighted by atomic mass is 9.88. The third-order valence-corrected chi connectivity index (χ3v) is 3.00. The highest BCUT2D eigenvalue weighted by Crippen LogP contribution is 2.24. The van der Waals surface area contributed by atoms with Crippen molar-refractivity contribution in [2.45, 2.75) is 27.7 Å². The molecule has 2 unspecified atom stereocenters. The molecular formula is C14H20. The van der Waals surface area contributed by atoms with Gasteiger partial charge in [-0.15, -0.1) is 0 Å². The average Bonchev–Trinajstić information content (AvgIpc) is 2.14. The highest BCUT2D eigenvalue weighted by molar-refractivity contribution is 5.37. The van der Waals surface area contributed by atoms with Crippen LogP contribution in [0, 0.1) is 11.8 Å². The Labute approximate surface area is 87.7 Å². The second-order valence-corrected chi connectivity index (χ2v) is 4.36. The Morgan fingerprint density at radius 2 is 1.79 bits per heavy atom. The molecule has 0 N–H and O–H groups in total. The van der Waals surface area contributed by atoms with E-state index in [4.69, 9.17) is 0 Å². The third-order valence-electron chi connectivity index (χ3n) is 3.00. The van der Waals surface area contributed by atoms with Gasteiger partial charge in [0.2, 0.25) is 0 Å². The van der Waals surface area contributed by atoms with Gasteiger partial charge >= 0.3 is 0 Å². The molecule has 0 aliphatic heterocycles.